The predicted molar refractivity (Wildman–Crippen MR) is 116 cm³/mol. The standard InChI is InChI=1S/C21H21ClF3N5O2/c1-12(2)17(11-31)29-20-28-16(13-4-3-7-26-10-13)9-19(30-20)27-14-5-6-18(15(22)8-14)32-21(23,24)25/h3-10,12,17,31H,11H2,1-2H3,(H2,27,28,29,30)/t17-/m1/s1. The van der Waals surface area contributed by atoms with Gasteiger partial charge in [0.15, 0.2) is 0 Å². The lowest BCUT2D eigenvalue weighted by Crippen LogP contribution is -2.30. The van der Waals surface area contributed by atoms with E-state index in [-0.39, 0.29) is 29.5 Å². The molecule has 1 atom stereocenters. The van der Waals surface area contributed by atoms with Crippen LogP contribution in [0.3, 0.4) is 0 Å². The lowest BCUT2D eigenvalue weighted by atomic mass is 10.1. The number of anilines is 3. The molecule has 0 unspecified atom stereocenters. The molecule has 0 spiro atoms. The molecule has 0 aliphatic rings. The normalized spacial score (nSPS) is 12.5. The maximum absolute atomic E-state index is 12.5. The molecule has 2 heterocycles. The second-order valence-corrected chi connectivity index (χ2v) is 7.61. The third-order valence-corrected chi connectivity index (χ3v) is 4.72. The molecule has 0 aliphatic heterocycles. The summed E-state index contributed by atoms with van der Waals surface area (Å²) >= 11 is 5.94. The molecule has 11 heteroatoms. The maximum Gasteiger partial charge on any atom is 0.573 e. The minimum atomic E-state index is -4.84. The Morgan fingerprint density at radius 3 is 2.53 bits per heavy atom. The molecule has 0 bridgehead atoms. The van der Waals surface area contributed by atoms with E-state index in [0.29, 0.717) is 17.2 Å². The second-order valence-electron chi connectivity index (χ2n) is 7.20. The predicted octanol–water partition coefficient (Wildman–Crippen LogP) is 5.26. The fraction of sp³-hybridized carbons (Fsp3) is 0.286. The second kappa shape index (κ2) is 10.0. The zero-order chi connectivity index (χ0) is 23.3. The van der Waals surface area contributed by atoms with Crippen LogP contribution in [0.5, 0.6) is 5.75 Å². The Kier molecular flexibility index (Phi) is 7.37. The highest BCUT2D eigenvalue weighted by atomic mass is 35.5. The van der Waals surface area contributed by atoms with Crippen molar-refractivity contribution in [2.24, 2.45) is 5.92 Å². The summed E-state index contributed by atoms with van der Waals surface area (Å²) < 4.78 is 41.3. The molecule has 3 aromatic rings. The van der Waals surface area contributed by atoms with Crippen LogP contribution in [0.2, 0.25) is 5.02 Å². The summed E-state index contributed by atoms with van der Waals surface area (Å²) in [5.74, 6) is 0.239. The van der Waals surface area contributed by atoms with Crippen LogP contribution in [0.15, 0.2) is 48.8 Å². The largest absolute Gasteiger partial charge is 0.573 e. The van der Waals surface area contributed by atoms with Crippen LogP contribution in [-0.4, -0.2) is 39.1 Å². The van der Waals surface area contributed by atoms with E-state index in [9.17, 15) is 18.3 Å². The molecule has 3 N–H and O–H groups in total. The molecule has 0 aliphatic carbocycles. The lowest BCUT2D eigenvalue weighted by Gasteiger charge is -2.20. The van der Waals surface area contributed by atoms with Gasteiger partial charge in [0.1, 0.15) is 11.6 Å². The molecule has 170 valence electrons. The fourth-order valence-corrected chi connectivity index (χ4v) is 2.98. The minimum absolute atomic E-state index is 0.113. The lowest BCUT2D eigenvalue weighted by molar-refractivity contribution is -0.274. The van der Waals surface area contributed by atoms with Crippen molar-refractivity contribution in [3.63, 3.8) is 0 Å². The van der Waals surface area contributed by atoms with Crippen molar-refractivity contribution in [2.75, 3.05) is 17.2 Å². The highest BCUT2D eigenvalue weighted by Crippen LogP contribution is 2.33. The summed E-state index contributed by atoms with van der Waals surface area (Å²) in [4.78, 5) is 13.0. The highest BCUT2D eigenvalue weighted by Gasteiger charge is 2.32. The third kappa shape index (κ3) is 6.44. The Labute approximate surface area is 187 Å². The van der Waals surface area contributed by atoms with Gasteiger partial charge in [0, 0.05) is 29.7 Å². The number of hydrogen-bond donors (Lipinski definition) is 3. The van der Waals surface area contributed by atoms with Crippen molar-refractivity contribution in [3.05, 3.63) is 53.8 Å². The van der Waals surface area contributed by atoms with E-state index < -0.39 is 12.1 Å². The van der Waals surface area contributed by atoms with Gasteiger partial charge >= 0.3 is 6.36 Å². The molecular weight excluding hydrogens is 447 g/mol. The number of aromatic nitrogens is 3. The Morgan fingerprint density at radius 2 is 1.94 bits per heavy atom. The van der Waals surface area contributed by atoms with Gasteiger partial charge in [-0.25, -0.2) is 4.98 Å². The molecule has 0 saturated carbocycles. The first kappa shape index (κ1) is 23.6. The Hall–Kier alpha value is -3.11. The Bertz CT molecular complexity index is 1050. The van der Waals surface area contributed by atoms with Crippen LogP contribution < -0.4 is 15.4 Å². The molecule has 2 aromatic heterocycles. The van der Waals surface area contributed by atoms with Gasteiger partial charge in [0.2, 0.25) is 5.95 Å². The number of aliphatic hydroxyl groups excluding tert-OH is 1. The van der Waals surface area contributed by atoms with Crippen LogP contribution in [0.1, 0.15) is 13.8 Å². The summed E-state index contributed by atoms with van der Waals surface area (Å²) in [6.07, 6.45) is -1.57. The van der Waals surface area contributed by atoms with Gasteiger partial charge in [-0.2, -0.15) is 4.98 Å². The molecule has 0 fully saturated rings. The van der Waals surface area contributed by atoms with Gasteiger partial charge in [-0.05, 0) is 36.2 Å². The quantitative estimate of drug-likeness (QED) is 0.416. The van der Waals surface area contributed by atoms with Crippen LogP contribution in [0.4, 0.5) is 30.6 Å². The summed E-state index contributed by atoms with van der Waals surface area (Å²) in [5.41, 5.74) is 1.69. The SMILES string of the molecule is CC(C)[C@@H](CO)Nc1nc(Nc2ccc(OC(F)(F)F)c(Cl)c2)cc(-c2cccnc2)n1. The summed E-state index contributed by atoms with van der Waals surface area (Å²) in [7, 11) is 0. The zero-order valence-corrected chi connectivity index (χ0v) is 17.9. The number of alkyl halides is 3. The number of nitrogens with one attached hydrogen (secondary N) is 2. The molecule has 32 heavy (non-hydrogen) atoms. The van der Waals surface area contributed by atoms with E-state index in [1.807, 2.05) is 19.9 Å². The molecule has 3 rings (SSSR count). The topological polar surface area (TPSA) is 92.2 Å². The molecule has 1 aromatic carbocycles. The van der Waals surface area contributed by atoms with Crippen LogP contribution >= 0.6 is 11.6 Å². The smallest absolute Gasteiger partial charge is 0.404 e. The molecule has 0 radical (unpaired) electrons. The number of pyridine rings is 1. The van der Waals surface area contributed by atoms with Gasteiger partial charge in [-0.3, -0.25) is 4.98 Å². The number of benzene rings is 1. The van der Waals surface area contributed by atoms with Crippen molar-refractivity contribution in [1.29, 1.82) is 0 Å². The molecular formula is C21H21ClF3N5O2. The van der Waals surface area contributed by atoms with E-state index in [2.05, 4.69) is 30.3 Å². The van der Waals surface area contributed by atoms with E-state index in [4.69, 9.17) is 11.6 Å². The Balaban J connectivity index is 1.93. The van der Waals surface area contributed by atoms with Gasteiger partial charge in [-0.15, -0.1) is 13.2 Å². The van der Waals surface area contributed by atoms with Crippen molar-refractivity contribution >= 4 is 29.1 Å². The summed E-state index contributed by atoms with van der Waals surface area (Å²) in [6.45, 7) is 3.78. The van der Waals surface area contributed by atoms with Crippen molar-refractivity contribution in [3.8, 4) is 17.0 Å². The van der Waals surface area contributed by atoms with Gasteiger partial charge in [-0.1, -0.05) is 25.4 Å². The molecule has 0 saturated heterocycles. The van der Waals surface area contributed by atoms with E-state index in [1.165, 1.54) is 12.1 Å². The monoisotopic (exact) mass is 467 g/mol. The number of rotatable bonds is 8. The first-order valence-corrected chi connectivity index (χ1v) is 10.0. The number of hydrogen-bond acceptors (Lipinski definition) is 7. The van der Waals surface area contributed by atoms with Crippen LogP contribution in [-0.2, 0) is 0 Å². The number of ether oxygens (including phenoxy) is 1. The van der Waals surface area contributed by atoms with Gasteiger partial charge in [0.05, 0.1) is 23.4 Å². The molecule has 0 amide bonds. The number of nitrogens with zero attached hydrogens (tertiary/aromatic N) is 3. The number of halogens is 4. The molecule has 7 nitrogen and oxygen atoms in total. The van der Waals surface area contributed by atoms with Crippen LogP contribution in [0.25, 0.3) is 11.3 Å². The van der Waals surface area contributed by atoms with Gasteiger partial charge < -0.3 is 20.5 Å². The Morgan fingerprint density at radius 1 is 1.16 bits per heavy atom. The minimum Gasteiger partial charge on any atom is -0.404 e. The first-order chi connectivity index (χ1) is 15.1. The van der Waals surface area contributed by atoms with E-state index in [1.54, 1.807) is 24.5 Å². The van der Waals surface area contributed by atoms with Gasteiger partial charge in [0.25, 0.3) is 0 Å². The zero-order valence-electron chi connectivity index (χ0n) is 17.2. The summed E-state index contributed by atoms with van der Waals surface area (Å²) in [6, 6.07) is 8.78. The van der Waals surface area contributed by atoms with Crippen LogP contribution in [0, 0.1) is 5.92 Å². The first-order valence-electron chi connectivity index (χ1n) is 9.64. The van der Waals surface area contributed by atoms with Crippen molar-refractivity contribution in [1.82, 2.24) is 15.0 Å². The fourth-order valence-electron chi connectivity index (χ4n) is 2.76. The average molecular weight is 468 g/mol. The van der Waals surface area contributed by atoms with E-state index >= 15 is 0 Å². The van der Waals surface area contributed by atoms with E-state index in [0.717, 1.165) is 11.6 Å². The van der Waals surface area contributed by atoms with Crippen molar-refractivity contribution in [2.45, 2.75) is 26.3 Å². The third-order valence-electron chi connectivity index (χ3n) is 4.43. The maximum atomic E-state index is 12.5. The highest BCUT2D eigenvalue weighted by molar-refractivity contribution is 6.32. The van der Waals surface area contributed by atoms with Crippen molar-refractivity contribution < 1.29 is 23.0 Å². The average Bonchev–Trinajstić information content (AvgIpc) is 2.73. The number of aliphatic hydroxyl groups is 1. The summed E-state index contributed by atoms with van der Waals surface area (Å²) in [5, 5.41) is 15.5.